The van der Waals surface area contributed by atoms with Gasteiger partial charge in [-0.3, -0.25) is 19.7 Å². The minimum Gasteiger partial charge on any atom is -0.326 e. The zero-order valence-corrected chi connectivity index (χ0v) is 13.6. The Morgan fingerprint density at radius 3 is 2.56 bits per heavy atom. The molecule has 0 heterocycles. The number of carbonyl (C=O) groups is 2. The molecule has 0 aromatic heterocycles. The molecule has 128 valence electrons. The first-order valence-electron chi connectivity index (χ1n) is 7.06. The number of halogens is 1. The summed E-state index contributed by atoms with van der Waals surface area (Å²) in [6.07, 6.45) is 0.830. The molecule has 0 spiro atoms. The summed E-state index contributed by atoms with van der Waals surface area (Å²) < 4.78 is 0. The molecule has 0 aliphatic heterocycles. The second kappa shape index (κ2) is 8.55. The van der Waals surface area contributed by atoms with Gasteiger partial charge in [0.25, 0.3) is 5.69 Å². The zero-order valence-electron chi connectivity index (χ0n) is 12.8. The number of nitro groups is 1. The second-order valence-corrected chi connectivity index (χ2v) is 5.31. The van der Waals surface area contributed by atoms with Gasteiger partial charge in [0.05, 0.1) is 11.1 Å². The Kier molecular flexibility index (Phi) is 6.19. The van der Waals surface area contributed by atoms with Crippen LogP contribution in [0.5, 0.6) is 0 Å². The Hall–Kier alpha value is -3.26. The first-order valence-corrected chi connectivity index (χ1v) is 7.43. The van der Waals surface area contributed by atoms with Crippen LogP contribution in [0.2, 0.25) is 5.02 Å². The van der Waals surface area contributed by atoms with Crippen LogP contribution in [0.3, 0.4) is 0 Å². The smallest absolute Gasteiger partial charge is 0.270 e. The van der Waals surface area contributed by atoms with E-state index >= 15 is 0 Å². The van der Waals surface area contributed by atoms with Gasteiger partial charge in [-0.15, -0.1) is 0 Å². The lowest BCUT2D eigenvalue weighted by Gasteiger charge is -2.04. The van der Waals surface area contributed by atoms with Crippen molar-refractivity contribution >= 4 is 41.0 Å². The number of nitro benzene ring substituents is 1. The summed E-state index contributed by atoms with van der Waals surface area (Å²) >= 11 is 5.74. The molecule has 0 unspecified atom stereocenters. The van der Waals surface area contributed by atoms with E-state index in [1.165, 1.54) is 24.4 Å². The fourth-order valence-electron chi connectivity index (χ4n) is 1.82. The molecule has 9 heteroatoms. The number of nitrogens with one attached hydrogen (secondary N) is 2. The number of hydrazone groups is 1. The summed E-state index contributed by atoms with van der Waals surface area (Å²) in [5, 5.41) is 17.4. The standard InChI is InChI=1S/C16H13ClN4O4/c17-12-4-6-13(7-5-12)19-15(22)9-16(23)20-18-10-11-2-1-3-14(8-11)21(24)25/h1-8,10H,9H2,(H,19,22)(H,20,23). The molecule has 0 aliphatic rings. The highest BCUT2D eigenvalue weighted by atomic mass is 35.5. The maximum Gasteiger partial charge on any atom is 0.270 e. The maximum atomic E-state index is 11.7. The molecule has 0 fully saturated rings. The Bertz CT molecular complexity index is 821. The average Bonchev–Trinajstić information content (AvgIpc) is 2.57. The van der Waals surface area contributed by atoms with Crippen molar-refractivity contribution in [3.8, 4) is 0 Å². The first kappa shape index (κ1) is 18.1. The van der Waals surface area contributed by atoms with Crippen LogP contribution < -0.4 is 10.7 Å². The van der Waals surface area contributed by atoms with Crippen LogP contribution in [0, 0.1) is 10.1 Å². The molecule has 2 rings (SSSR count). The SMILES string of the molecule is O=C(CC(=O)Nc1ccc(Cl)cc1)NN=Cc1cccc([N+](=O)[O-])c1. The molecule has 0 bridgehead atoms. The quantitative estimate of drug-likeness (QED) is 0.357. The van der Waals surface area contributed by atoms with E-state index in [0.29, 0.717) is 16.3 Å². The predicted molar refractivity (Wildman–Crippen MR) is 93.5 cm³/mol. The van der Waals surface area contributed by atoms with Crippen molar-refractivity contribution in [3.05, 3.63) is 69.2 Å². The third-order valence-electron chi connectivity index (χ3n) is 2.93. The van der Waals surface area contributed by atoms with Crippen LogP contribution in [0.1, 0.15) is 12.0 Å². The number of carbonyl (C=O) groups excluding carboxylic acids is 2. The monoisotopic (exact) mass is 360 g/mol. The largest absolute Gasteiger partial charge is 0.326 e. The average molecular weight is 361 g/mol. The van der Waals surface area contributed by atoms with E-state index in [1.54, 1.807) is 30.3 Å². The lowest BCUT2D eigenvalue weighted by Crippen LogP contribution is -2.24. The maximum absolute atomic E-state index is 11.7. The zero-order chi connectivity index (χ0) is 18.2. The Morgan fingerprint density at radius 1 is 1.16 bits per heavy atom. The van der Waals surface area contributed by atoms with Gasteiger partial charge >= 0.3 is 0 Å². The minimum absolute atomic E-state index is 0.0855. The van der Waals surface area contributed by atoms with Crippen molar-refractivity contribution in [1.29, 1.82) is 0 Å². The number of rotatable bonds is 6. The van der Waals surface area contributed by atoms with Gasteiger partial charge in [-0.1, -0.05) is 23.7 Å². The van der Waals surface area contributed by atoms with Crippen molar-refractivity contribution in [2.45, 2.75) is 6.42 Å². The predicted octanol–water partition coefficient (Wildman–Crippen LogP) is 2.73. The lowest BCUT2D eigenvalue weighted by atomic mass is 10.2. The molecule has 0 aliphatic carbocycles. The molecule has 25 heavy (non-hydrogen) atoms. The molecule has 8 nitrogen and oxygen atoms in total. The number of hydrogen-bond acceptors (Lipinski definition) is 5. The van der Waals surface area contributed by atoms with E-state index in [0.717, 1.165) is 0 Å². The van der Waals surface area contributed by atoms with Crippen molar-refractivity contribution in [1.82, 2.24) is 5.43 Å². The third-order valence-corrected chi connectivity index (χ3v) is 3.18. The molecule has 2 amide bonds. The number of amides is 2. The van der Waals surface area contributed by atoms with E-state index in [9.17, 15) is 19.7 Å². The normalized spacial score (nSPS) is 10.4. The lowest BCUT2D eigenvalue weighted by molar-refractivity contribution is -0.384. The van der Waals surface area contributed by atoms with Gasteiger partial charge in [-0.05, 0) is 24.3 Å². The van der Waals surface area contributed by atoms with Gasteiger partial charge in [0.15, 0.2) is 0 Å². The molecule has 2 N–H and O–H groups in total. The van der Waals surface area contributed by atoms with Crippen LogP contribution >= 0.6 is 11.6 Å². The highest BCUT2D eigenvalue weighted by molar-refractivity contribution is 6.30. The third kappa shape index (κ3) is 6.04. The van der Waals surface area contributed by atoms with Crippen molar-refractivity contribution in [2.75, 3.05) is 5.32 Å². The number of nitrogens with zero attached hydrogens (tertiary/aromatic N) is 2. The van der Waals surface area contributed by atoms with Gasteiger partial charge in [0, 0.05) is 28.4 Å². The highest BCUT2D eigenvalue weighted by Crippen LogP contribution is 2.13. The summed E-state index contributed by atoms with van der Waals surface area (Å²) in [6.45, 7) is 0. The topological polar surface area (TPSA) is 114 Å². The first-order chi connectivity index (χ1) is 11.9. The molecular weight excluding hydrogens is 348 g/mol. The van der Waals surface area contributed by atoms with E-state index in [2.05, 4.69) is 15.8 Å². The van der Waals surface area contributed by atoms with Crippen molar-refractivity contribution in [2.24, 2.45) is 5.10 Å². The molecule has 0 saturated carbocycles. The molecule has 2 aromatic carbocycles. The van der Waals surface area contributed by atoms with Crippen molar-refractivity contribution < 1.29 is 14.5 Å². The summed E-state index contributed by atoms with van der Waals surface area (Å²) in [6, 6.07) is 12.2. The second-order valence-electron chi connectivity index (χ2n) is 4.88. The van der Waals surface area contributed by atoms with Crippen LogP contribution in [0.4, 0.5) is 11.4 Å². The van der Waals surface area contributed by atoms with E-state index in [-0.39, 0.29) is 5.69 Å². The summed E-state index contributed by atoms with van der Waals surface area (Å²) in [7, 11) is 0. The van der Waals surface area contributed by atoms with E-state index < -0.39 is 23.2 Å². The van der Waals surface area contributed by atoms with Crippen LogP contribution in [-0.2, 0) is 9.59 Å². The Labute approximate surface area is 147 Å². The number of anilines is 1. The molecule has 2 aromatic rings. The summed E-state index contributed by atoms with van der Waals surface area (Å²) in [5.74, 6) is -1.13. The highest BCUT2D eigenvalue weighted by Gasteiger charge is 2.09. The molecular formula is C16H13ClN4O4. The Balaban J connectivity index is 1.83. The van der Waals surface area contributed by atoms with Crippen LogP contribution in [0.15, 0.2) is 53.6 Å². The number of non-ortho nitro benzene ring substituents is 1. The van der Waals surface area contributed by atoms with Gasteiger partial charge in [-0.2, -0.15) is 5.10 Å². The van der Waals surface area contributed by atoms with Gasteiger partial charge in [0.1, 0.15) is 6.42 Å². The minimum atomic E-state index is -0.617. The fourth-order valence-corrected chi connectivity index (χ4v) is 1.95. The fraction of sp³-hybridized carbons (Fsp3) is 0.0625. The van der Waals surface area contributed by atoms with Crippen molar-refractivity contribution in [3.63, 3.8) is 0 Å². The molecule has 0 atom stereocenters. The van der Waals surface area contributed by atoms with Gasteiger partial charge < -0.3 is 5.32 Å². The molecule has 0 radical (unpaired) electrons. The van der Waals surface area contributed by atoms with Crippen LogP contribution in [-0.4, -0.2) is 23.0 Å². The van der Waals surface area contributed by atoms with Gasteiger partial charge in [0.2, 0.25) is 11.8 Å². The summed E-state index contributed by atoms with van der Waals surface area (Å²) in [4.78, 5) is 33.5. The van der Waals surface area contributed by atoms with E-state index in [4.69, 9.17) is 11.6 Å². The Morgan fingerprint density at radius 2 is 1.88 bits per heavy atom. The van der Waals surface area contributed by atoms with Gasteiger partial charge in [-0.25, -0.2) is 5.43 Å². The number of benzene rings is 2. The van der Waals surface area contributed by atoms with Crippen LogP contribution in [0.25, 0.3) is 0 Å². The molecule has 0 saturated heterocycles. The number of hydrogen-bond donors (Lipinski definition) is 2. The van der Waals surface area contributed by atoms with E-state index in [1.807, 2.05) is 0 Å². The summed E-state index contributed by atoms with van der Waals surface area (Å²) in [5.41, 5.74) is 3.06.